The van der Waals surface area contributed by atoms with Crippen molar-refractivity contribution in [2.75, 3.05) is 13.1 Å². The molecule has 0 spiro atoms. The van der Waals surface area contributed by atoms with E-state index in [4.69, 9.17) is 0 Å². The van der Waals surface area contributed by atoms with Crippen molar-refractivity contribution in [1.82, 2.24) is 5.32 Å². The predicted molar refractivity (Wildman–Crippen MR) is 72.0 cm³/mol. The topological polar surface area (TPSA) is 12.0 Å². The van der Waals surface area contributed by atoms with Gasteiger partial charge in [-0.15, -0.1) is 0 Å². The van der Waals surface area contributed by atoms with Crippen LogP contribution >= 0.6 is 0 Å². The van der Waals surface area contributed by atoms with Crippen LogP contribution in [-0.4, -0.2) is 13.1 Å². The Labute approximate surface area is 100 Å². The van der Waals surface area contributed by atoms with Gasteiger partial charge in [0, 0.05) is 6.54 Å². The van der Waals surface area contributed by atoms with Gasteiger partial charge in [0.1, 0.15) is 0 Å². The summed E-state index contributed by atoms with van der Waals surface area (Å²) in [5.41, 5.74) is 2.91. The quantitative estimate of drug-likeness (QED) is 0.689. The van der Waals surface area contributed by atoms with Crippen LogP contribution in [0.5, 0.6) is 0 Å². The molecule has 1 rings (SSSR count). The minimum atomic E-state index is 0.664. The van der Waals surface area contributed by atoms with Crippen molar-refractivity contribution in [2.24, 2.45) is 0 Å². The molecule has 0 aromatic heterocycles. The third-order valence-electron chi connectivity index (χ3n) is 3.17. The van der Waals surface area contributed by atoms with E-state index in [-0.39, 0.29) is 0 Å². The molecule has 1 atom stereocenters. The van der Waals surface area contributed by atoms with Gasteiger partial charge in [-0.05, 0) is 42.9 Å². The van der Waals surface area contributed by atoms with Crippen molar-refractivity contribution in [3.05, 3.63) is 35.4 Å². The number of hydrogen-bond acceptors (Lipinski definition) is 1. The summed E-state index contributed by atoms with van der Waals surface area (Å²) >= 11 is 0. The van der Waals surface area contributed by atoms with E-state index in [1.165, 1.54) is 24.0 Å². The molecule has 1 nitrogen and oxygen atoms in total. The van der Waals surface area contributed by atoms with Crippen molar-refractivity contribution in [3.63, 3.8) is 0 Å². The zero-order valence-electron chi connectivity index (χ0n) is 10.9. The van der Waals surface area contributed by atoms with Crippen LogP contribution in [0.4, 0.5) is 0 Å². The highest BCUT2D eigenvalue weighted by molar-refractivity contribution is 5.25. The lowest BCUT2D eigenvalue weighted by Gasteiger charge is -2.16. The number of benzene rings is 1. The fraction of sp³-hybridized carbons (Fsp3) is 0.600. The summed E-state index contributed by atoms with van der Waals surface area (Å²) in [5, 5.41) is 3.51. The average molecular weight is 219 g/mol. The Bertz CT molecular complexity index is 276. The third-order valence-corrected chi connectivity index (χ3v) is 3.17. The van der Waals surface area contributed by atoms with Crippen LogP contribution in [-0.2, 0) is 6.42 Å². The largest absolute Gasteiger partial charge is 0.316 e. The molecule has 16 heavy (non-hydrogen) atoms. The molecule has 0 saturated carbocycles. The fourth-order valence-corrected chi connectivity index (χ4v) is 1.98. The minimum absolute atomic E-state index is 0.664. The summed E-state index contributed by atoms with van der Waals surface area (Å²) in [4.78, 5) is 0. The first-order valence-electron chi connectivity index (χ1n) is 6.61. The normalized spacial score (nSPS) is 12.7. The zero-order chi connectivity index (χ0) is 11.8. The van der Waals surface area contributed by atoms with Gasteiger partial charge < -0.3 is 5.32 Å². The zero-order valence-corrected chi connectivity index (χ0v) is 10.9. The summed E-state index contributed by atoms with van der Waals surface area (Å²) in [6.07, 6.45) is 3.55. The molecule has 0 amide bonds. The molecular formula is C15H25N. The molecular weight excluding hydrogens is 194 g/mol. The number of aryl methyl sites for hydroxylation is 1. The van der Waals surface area contributed by atoms with Crippen LogP contribution in [0.15, 0.2) is 24.3 Å². The molecule has 0 fully saturated rings. The van der Waals surface area contributed by atoms with E-state index in [1.54, 1.807) is 0 Å². The molecule has 0 saturated heterocycles. The van der Waals surface area contributed by atoms with E-state index < -0.39 is 0 Å². The Balaban J connectivity index is 2.56. The van der Waals surface area contributed by atoms with E-state index in [1.807, 2.05) is 0 Å². The Morgan fingerprint density at radius 3 is 2.25 bits per heavy atom. The maximum atomic E-state index is 3.51. The number of rotatable bonds is 7. The van der Waals surface area contributed by atoms with Crippen molar-refractivity contribution in [2.45, 2.75) is 46.0 Å². The lowest BCUT2D eigenvalue weighted by atomic mass is 9.95. The summed E-state index contributed by atoms with van der Waals surface area (Å²) in [6.45, 7) is 8.92. The fourth-order valence-electron chi connectivity index (χ4n) is 1.98. The summed E-state index contributed by atoms with van der Waals surface area (Å²) in [6, 6.07) is 9.11. The van der Waals surface area contributed by atoms with Crippen LogP contribution in [0, 0.1) is 0 Å². The molecule has 0 aliphatic rings. The minimum Gasteiger partial charge on any atom is -0.316 e. The molecule has 0 radical (unpaired) electrons. The first-order valence-corrected chi connectivity index (χ1v) is 6.61. The van der Waals surface area contributed by atoms with Gasteiger partial charge in [0.2, 0.25) is 0 Å². The van der Waals surface area contributed by atoms with Gasteiger partial charge in [-0.25, -0.2) is 0 Å². The van der Waals surface area contributed by atoms with Crippen LogP contribution in [0.3, 0.4) is 0 Å². The third kappa shape index (κ3) is 3.97. The molecule has 0 aliphatic heterocycles. The summed E-state index contributed by atoms with van der Waals surface area (Å²) < 4.78 is 0. The first-order chi connectivity index (χ1) is 7.81. The highest BCUT2D eigenvalue weighted by Gasteiger charge is 2.08. The van der Waals surface area contributed by atoms with Crippen molar-refractivity contribution in [3.8, 4) is 0 Å². The van der Waals surface area contributed by atoms with Gasteiger partial charge in [-0.3, -0.25) is 0 Å². The maximum absolute atomic E-state index is 3.51. The number of hydrogen-bond donors (Lipinski definition) is 1. The average Bonchev–Trinajstić information content (AvgIpc) is 2.35. The van der Waals surface area contributed by atoms with E-state index in [9.17, 15) is 0 Å². The van der Waals surface area contributed by atoms with E-state index in [0.29, 0.717) is 5.92 Å². The Morgan fingerprint density at radius 2 is 1.75 bits per heavy atom. The molecule has 0 bridgehead atoms. The molecule has 1 aromatic carbocycles. The molecule has 1 heteroatoms. The first kappa shape index (κ1) is 13.2. The molecule has 1 aromatic rings. The lowest BCUT2D eigenvalue weighted by Crippen LogP contribution is -2.21. The Morgan fingerprint density at radius 1 is 1.06 bits per heavy atom. The Hall–Kier alpha value is -0.820. The van der Waals surface area contributed by atoms with Crippen LogP contribution < -0.4 is 5.32 Å². The monoisotopic (exact) mass is 219 g/mol. The van der Waals surface area contributed by atoms with Gasteiger partial charge >= 0.3 is 0 Å². The van der Waals surface area contributed by atoms with Gasteiger partial charge in [0.15, 0.2) is 0 Å². The van der Waals surface area contributed by atoms with Crippen molar-refractivity contribution < 1.29 is 0 Å². The smallest absolute Gasteiger partial charge is 0.00200 e. The second-order valence-corrected chi connectivity index (χ2v) is 4.40. The second-order valence-electron chi connectivity index (χ2n) is 4.40. The molecule has 0 aliphatic carbocycles. The van der Waals surface area contributed by atoms with E-state index >= 15 is 0 Å². The Kier molecular flexibility index (Phi) is 6.17. The SMILES string of the molecule is CCCNCC(CC)c1ccc(CC)cc1. The second kappa shape index (κ2) is 7.45. The van der Waals surface area contributed by atoms with E-state index in [0.717, 1.165) is 19.5 Å². The van der Waals surface area contributed by atoms with Crippen LogP contribution in [0.1, 0.15) is 50.7 Å². The molecule has 0 heterocycles. The highest BCUT2D eigenvalue weighted by Crippen LogP contribution is 2.19. The molecule has 1 N–H and O–H groups in total. The maximum Gasteiger partial charge on any atom is 0.00200 e. The predicted octanol–water partition coefficient (Wildman–Crippen LogP) is 3.74. The van der Waals surface area contributed by atoms with Gasteiger partial charge in [0.05, 0.1) is 0 Å². The standard InChI is InChI=1S/C15H25N/c1-4-11-16-12-14(6-3)15-9-7-13(5-2)8-10-15/h7-10,14,16H,4-6,11-12H2,1-3H3. The molecule has 90 valence electrons. The molecule has 1 unspecified atom stereocenters. The van der Waals surface area contributed by atoms with Crippen LogP contribution in [0.2, 0.25) is 0 Å². The highest BCUT2D eigenvalue weighted by atomic mass is 14.8. The van der Waals surface area contributed by atoms with Gasteiger partial charge in [-0.2, -0.15) is 0 Å². The lowest BCUT2D eigenvalue weighted by molar-refractivity contribution is 0.567. The van der Waals surface area contributed by atoms with Gasteiger partial charge in [-0.1, -0.05) is 45.0 Å². The van der Waals surface area contributed by atoms with Gasteiger partial charge in [0.25, 0.3) is 0 Å². The summed E-state index contributed by atoms with van der Waals surface area (Å²) in [7, 11) is 0. The van der Waals surface area contributed by atoms with Crippen molar-refractivity contribution >= 4 is 0 Å². The van der Waals surface area contributed by atoms with E-state index in [2.05, 4.69) is 50.4 Å². The van der Waals surface area contributed by atoms with Crippen molar-refractivity contribution in [1.29, 1.82) is 0 Å². The number of nitrogens with one attached hydrogen (secondary N) is 1. The van der Waals surface area contributed by atoms with Crippen LogP contribution in [0.25, 0.3) is 0 Å². The summed E-state index contributed by atoms with van der Waals surface area (Å²) in [5.74, 6) is 0.664.